The second-order valence-electron chi connectivity index (χ2n) is 5.53. The maximum atomic E-state index is 12.5. The van der Waals surface area contributed by atoms with Crippen LogP contribution in [0.15, 0.2) is 23.4 Å². The SMILES string of the molecule is CCOC(=O)Cc1nnc(S[C@H](C)C(=O)Nc2cc(Cl)ccc2OC)n1C. The van der Waals surface area contributed by atoms with E-state index in [1.165, 1.54) is 18.9 Å². The number of benzene rings is 1. The maximum Gasteiger partial charge on any atom is 0.313 e. The minimum Gasteiger partial charge on any atom is -0.495 e. The number of nitrogens with one attached hydrogen (secondary N) is 1. The molecule has 0 aliphatic carbocycles. The first kappa shape index (κ1) is 21.0. The summed E-state index contributed by atoms with van der Waals surface area (Å²) in [6.07, 6.45) is 0.0260. The van der Waals surface area contributed by atoms with Crippen LogP contribution in [0.2, 0.25) is 5.02 Å². The molecule has 0 bridgehead atoms. The van der Waals surface area contributed by atoms with Gasteiger partial charge in [0.15, 0.2) is 5.16 Å². The molecule has 27 heavy (non-hydrogen) atoms. The average molecular weight is 413 g/mol. The number of esters is 1. The van der Waals surface area contributed by atoms with Gasteiger partial charge < -0.3 is 19.4 Å². The predicted molar refractivity (Wildman–Crippen MR) is 103 cm³/mol. The van der Waals surface area contributed by atoms with Gasteiger partial charge in [-0.1, -0.05) is 23.4 Å². The Morgan fingerprint density at radius 3 is 2.78 bits per heavy atom. The largest absolute Gasteiger partial charge is 0.495 e. The molecule has 2 aromatic rings. The quantitative estimate of drug-likeness (QED) is 0.526. The van der Waals surface area contributed by atoms with Gasteiger partial charge in [0.1, 0.15) is 18.0 Å². The molecule has 1 aromatic carbocycles. The molecule has 0 radical (unpaired) electrons. The molecule has 0 spiro atoms. The Morgan fingerprint density at radius 1 is 1.37 bits per heavy atom. The standard InChI is InChI=1S/C17H21ClN4O4S/c1-5-26-15(23)9-14-20-21-17(22(14)3)27-10(2)16(24)19-12-8-11(18)6-7-13(12)25-4/h6-8,10H,5,9H2,1-4H3,(H,19,24)/t10-/m1/s1. The Labute approximate surface area is 166 Å². The Morgan fingerprint density at radius 2 is 2.11 bits per heavy atom. The van der Waals surface area contributed by atoms with Gasteiger partial charge in [-0.15, -0.1) is 10.2 Å². The zero-order valence-electron chi connectivity index (χ0n) is 15.5. The van der Waals surface area contributed by atoms with E-state index in [-0.39, 0.29) is 18.3 Å². The molecule has 146 valence electrons. The minimum atomic E-state index is -0.466. The van der Waals surface area contributed by atoms with Crippen molar-refractivity contribution >= 4 is 40.9 Å². The summed E-state index contributed by atoms with van der Waals surface area (Å²) in [5.41, 5.74) is 0.489. The number of nitrogens with zero attached hydrogens (tertiary/aromatic N) is 3. The topological polar surface area (TPSA) is 95.3 Å². The van der Waals surface area contributed by atoms with Gasteiger partial charge in [-0.2, -0.15) is 0 Å². The summed E-state index contributed by atoms with van der Waals surface area (Å²) in [5, 5.41) is 11.4. The smallest absolute Gasteiger partial charge is 0.313 e. The Hall–Kier alpha value is -2.26. The van der Waals surface area contributed by atoms with Crippen molar-refractivity contribution in [1.29, 1.82) is 0 Å². The summed E-state index contributed by atoms with van der Waals surface area (Å²) >= 11 is 7.21. The number of anilines is 1. The lowest BCUT2D eigenvalue weighted by atomic mass is 10.3. The average Bonchev–Trinajstić information content (AvgIpc) is 2.95. The number of hydrogen-bond acceptors (Lipinski definition) is 7. The number of rotatable bonds is 8. The lowest BCUT2D eigenvalue weighted by Crippen LogP contribution is -2.23. The lowest BCUT2D eigenvalue weighted by Gasteiger charge is -2.14. The number of hydrogen-bond donors (Lipinski definition) is 1. The van der Waals surface area contributed by atoms with E-state index in [0.29, 0.717) is 34.0 Å². The van der Waals surface area contributed by atoms with E-state index in [1.807, 2.05) is 0 Å². The molecule has 2 rings (SSSR count). The van der Waals surface area contributed by atoms with Crippen molar-refractivity contribution in [3.63, 3.8) is 0 Å². The third-order valence-corrected chi connectivity index (χ3v) is 4.97. The van der Waals surface area contributed by atoms with Crippen LogP contribution in [0.3, 0.4) is 0 Å². The van der Waals surface area contributed by atoms with E-state index in [1.54, 1.807) is 43.7 Å². The molecular formula is C17H21ClN4O4S. The highest BCUT2D eigenvalue weighted by Gasteiger charge is 2.21. The van der Waals surface area contributed by atoms with Gasteiger partial charge in [0.25, 0.3) is 0 Å². The van der Waals surface area contributed by atoms with E-state index >= 15 is 0 Å². The predicted octanol–water partition coefficient (Wildman–Crippen LogP) is 2.70. The lowest BCUT2D eigenvalue weighted by molar-refractivity contribution is -0.142. The van der Waals surface area contributed by atoms with Crippen LogP contribution in [-0.4, -0.2) is 45.6 Å². The van der Waals surface area contributed by atoms with Gasteiger partial charge in [-0.05, 0) is 32.0 Å². The Kier molecular flexibility index (Phi) is 7.49. The first-order valence-electron chi connectivity index (χ1n) is 8.20. The fourth-order valence-corrected chi connectivity index (χ4v) is 3.17. The Bertz CT molecular complexity index is 827. The molecule has 1 N–H and O–H groups in total. The highest BCUT2D eigenvalue weighted by molar-refractivity contribution is 8.00. The summed E-state index contributed by atoms with van der Waals surface area (Å²) < 4.78 is 11.8. The first-order valence-corrected chi connectivity index (χ1v) is 9.46. The third-order valence-electron chi connectivity index (χ3n) is 3.60. The summed E-state index contributed by atoms with van der Waals surface area (Å²) in [4.78, 5) is 24.1. The van der Waals surface area contributed by atoms with Gasteiger partial charge in [0, 0.05) is 12.1 Å². The minimum absolute atomic E-state index is 0.0260. The molecule has 10 heteroatoms. The molecule has 0 fully saturated rings. The highest BCUT2D eigenvalue weighted by Crippen LogP contribution is 2.29. The highest BCUT2D eigenvalue weighted by atomic mass is 35.5. The number of ether oxygens (including phenoxy) is 2. The van der Waals surface area contributed by atoms with Crippen molar-refractivity contribution in [2.45, 2.75) is 30.7 Å². The summed E-state index contributed by atoms with van der Waals surface area (Å²) in [5.74, 6) is 0.374. The molecule has 1 heterocycles. The van der Waals surface area contributed by atoms with Crippen molar-refractivity contribution in [3.05, 3.63) is 29.0 Å². The van der Waals surface area contributed by atoms with Crippen LogP contribution >= 0.6 is 23.4 Å². The molecule has 8 nitrogen and oxygen atoms in total. The van der Waals surface area contributed by atoms with E-state index in [9.17, 15) is 9.59 Å². The molecule has 0 saturated heterocycles. The number of halogens is 1. The fraction of sp³-hybridized carbons (Fsp3) is 0.412. The number of thioether (sulfide) groups is 1. The van der Waals surface area contributed by atoms with Gasteiger partial charge in [0.2, 0.25) is 5.91 Å². The van der Waals surface area contributed by atoms with E-state index in [4.69, 9.17) is 21.1 Å². The van der Waals surface area contributed by atoms with Crippen LogP contribution in [0.1, 0.15) is 19.7 Å². The van der Waals surface area contributed by atoms with Crippen LogP contribution in [-0.2, 0) is 27.8 Å². The number of methoxy groups -OCH3 is 1. The van der Waals surface area contributed by atoms with Crippen molar-refractivity contribution in [3.8, 4) is 5.75 Å². The zero-order chi connectivity index (χ0) is 20.0. The summed E-state index contributed by atoms with van der Waals surface area (Å²) in [7, 11) is 3.25. The summed E-state index contributed by atoms with van der Waals surface area (Å²) in [6, 6.07) is 4.98. The maximum absolute atomic E-state index is 12.5. The molecule has 0 aliphatic heterocycles. The molecule has 1 aromatic heterocycles. The molecule has 0 saturated carbocycles. The van der Waals surface area contributed by atoms with Gasteiger partial charge >= 0.3 is 5.97 Å². The summed E-state index contributed by atoms with van der Waals surface area (Å²) in [6.45, 7) is 3.80. The van der Waals surface area contributed by atoms with Crippen LogP contribution in [0, 0.1) is 0 Å². The number of carbonyl (C=O) groups is 2. The van der Waals surface area contributed by atoms with Crippen LogP contribution in [0.5, 0.6) is 5.75 Å². The number of carbonyl (C=O) groups excluding carboxylic acids is 2. The van der Waals surface area contributed by atoms with E-state index < -0.39 is 5.25 Å². The van der Waals surface area contributed by atoms with E-state index in [2.05, 4.69) is 15.5 Å². The van der Waals surface area contributed by atoms with Crippen molar-refractivity contribution in [1.82, 2.24) is 14.8 Å². The molecule has 0 aliphatic rings. The molecule has 1 amide bonds. The second kappa shape index (κ2) is 9.61. The van der Waals surface area contributed by atoms with E-state index in [0.717, 1.165) is 0 Å². The van der Waals surface area contributed by atoms with Gasteiger partial charge in [-0.3, -0.25) is 9.59 Å². The Balaban J connectivity index is 2.04. The van der Waals surface area contributed by atoms with Gasteiger partial charge in [0.05, 0.1) is 24.7 Å². The molecule has 0 unspecified atom stereocenters. The third kappa shape index (κ3) is 5.61. The fourth-order valence-electron chi connectivity index (χ4n) is 2.17. The van der Waals surface area contributed by atoms with Crippen LogP contribution < -0.4 is 10.1 Å². The first-order chi connectivity index (χ1) is 12.8. The van der Waals surface area contributed by atoms with Crippen LogP contribution in [0.4, 0.5) is 5.69 Å². The van der Waals surface area contributed by atoms with Gasteiger partial charge in [-0.25, -0.2) is 0 Å². The zero-order valence-corrected chi connectivity index (χ0v) is 17.1. The molecular weight excluding hydrogens is 392 g/mol. The van der Waals surface area contributed by atoms with Crippen molar-refractivity contribution in [2.24, 2.45) is 7.05 Å². The number of aromatic nitrogens is 3. The van der Waals surface area contributed by atoms with Crippen LogP contribution in [0.25, 0.3) is 0 Å². The molecule has 1 atom stereocenters. The second-order valence-corrected chi connectivity index (χ2v) is 7.28. The van der Waals surface area contributed by atoms with Crippen molar-refractivity contribution in [2.75, 3.05) is 19.0 Å². The monoisotopic (exact) mass is 412 g/mol. The van der Waals surface area contributed by atoms with Crippen molar-refractivity contribution < 1.29 is 19.1 Å². The normalized spacial score (nSPS) is 11.7. The number of amides is 1.